The average molecular weight is 286 g/mol. The number of rotatable bonds is 3. The van der Waals surface area contributed by atoms with E-state index in [0.717, 1.165) is 29.9 Å². The molecule has 0 unspecified atom stereocenters. The monoisotopic (exact) mass is 285 g/mol. The fourth-order valence-corrected chi connectivity index (χ4v) is 2.68. The van der Waals surface area contributed by atoms with Crippen molar-refractivity contribution in [1.29, 1.82) is 0 Å². The van der Waals surface area contributed by atoms with Crippen molar-refractivity contribution in [2.24, 2.45) is 0 Å². The molecule has 0 spiro atoms. The van der Waals surface area contributed by atoms with Crippen LogP contribution < -0.4 is 4.74 Å². The minimum Gasteiger partial charge on any atom is -0.496 e. The van der Waals surface area contributed by atoms with Gasteiger partial charge in [-0.25, -0.2) is 0 Å². The first-order valence-electron chi connectivity index (χ1n) is 5.27. The van der Waals surface area contributed by atoms with Gasteiger partial charge in [0.05, 0.1) is 17.2 Å². The Labute approximate surface area is 104 Å². The summed E-state index contributed by atoms with van der Waals surface area (Å²) >= 11 is 3.47. The number of halogens is 1. The Hall–Kier alpha value is -0.580. The zero-order valence-electron chi connectivity index (χ0n) is 9.53. The van der Waals surface area contributed by atoms with Crippen LogP contribution in [0.25, 0.3) is 0 Å². The topological polar surface area (TPSA) is 32.7 Å². The third-order valence-electron chi connectivity index (χ3n) is 2.75. The number of hydrogen-bond acceptors (Lipinski definition) is 3. The summed E-state index contributed by atoms with van der Waals surface area (Å²) in [4.78, 5) is 2.22. The van der Waals surface area contributed by atoms with Gasteiger partial charge in [-0.2, -0.15) is 0 Å². The second kappa shape index (κ2) is 4.35. The molecule has 0 amide bonds. The molecule has 1 fully saturated rings. The molecule has 1 saturated heterocycles. The van der Waals surface area contributed by atoms with Crippen LogP contribution in [0.1, 0.15) is 12.5 Å². The van der Waals surface area contributed by atoms with E-state index in [-0.39, 0.29) is 0 Å². The fraction of sp³-hybridized carbons (Fsp3) is 0.500. The van der Waals surface area contributed by atoms with Crippen molar-refractivity contribution in [1.82, 2.24) is 4.90 Å². The van der Waals surface area contributed by atoms with Gasteiger partial charge in [0, 0.05) is 19.6 Å². The van der Waals surface area contributed by atoms with Crippen LogP contribution in [0.2, 0.25) is 0 Å². The summed E-state index contributed by atoms with van der Waals surface area (Å²) in [5.41, 5.74) is 0.729. The van der Waals surface area contributed by atoms with E-state index in [2.05, 4.69) is 33.0 Å². The Morgan fingerprint density at radius 2 is 2.19 bits per heavy atom. The Morgan fingerprint density at radius 1 is 1.50 bits per heavy atom. The largest absolute Gasteiger partial charge is 0.496 e. The first-order chi connectivity index (χ1) is 7.50. The van der Waals surface area contributed by atoms with E-state index in [0.29, 0.717) is 0 Å². The third kappa shape index (κ3) is 2.56. The maximum atomic E-state index is 9.63. The summed E-state index contributed by atoms with van der Waals surface area (Å²) in [6.45, 7) is 4.24. The molecule has 4 heteroatoms. The quantitative estimate of drug-likeness (QED) is 0.922. The molecular formula is C12H16BrNO2. The van der Waals surface area contributed by atoms with Gasteiger partial charge in [0.25, 0.3) is 0 Å². The van der Waals surface area contributed by atoms with Gasteiger partial charge in [-0.3, -0.25) is 4.90 Å². The van der Waals surface area contributed by atoms with Crippen LogP contribution in [-0.2, 0) is 6.54 Å². The molecule has 1 N–H and O–H groups in total. The van der Waals surface area contributed by atoms with Crippen molar-refractivity contribution >= 4 is 15.9 Å². The van der Waals surface area contributed by atoms with Crippen molar-refractivity contribution in [3.05, 3.63) is 28.2 Å². The molecule has 1 aromatic rings. The zero-order valence-corrected chi connectivity index (χ0v) is 11.1. The molecule has 0 atom stereocenters. The van der Waals surface area contributed by atoms with E-state index in [9.17, 15) is 5.11 Å². The Bertz CT molecular complexity index is 385. The predicted molar refractivity (Wildman–Crippen MR) is 66.6 cm³/mol. The summed E-state index contributed by atoms with van der Waals surface area (Å²) in [6.07, 6.45) is 0. The summed E-state index contributed by atoms with van der Waals surface area (Å²) < 4.78 is 6.15. The molecule has 0 bridgehead atoms. The molecule has 16 heavy (non-hydrogen) atoms. The van der Waals surface area contributed by atoms with Crippen molar-refractivity contribution in [2.75, 3.05) is 20.2 Å². The highest BCUT2D eigenvalue weighted by Gasteiger charge is 2.35. The number of β-amino-alcohol motifs (C(OH)–C–C–N with tert-alkyl or cyclic N) is 1. The van der Waals surface area contributed by atoms with Crippen molar-refractivity contribution in [3.63, 3.8) is 0 Å². The molecule has 0 saturated carbocycles. The van der Waals surface area contributed by atoms with Gasteiger partial charge < -0.3 is 9.84 Å². The lowest BCUT2D eigenvalue weighted by molar-refractivity contribution is -0.0871. The molecule has 3 nitrogen and oxygen atoms in total. The van der Waals surface area contributed by atoms with Crippen LogP contribution in [0, 0.1) is 0 Å². The second-order valence-electron chi connectivity index (χ2n) is 4.61. The molecule has 1 heterocycles. The predicted octanol–water partition coefficient (Wildman–Crippen LogP) is 2.02. The van der Waals surface area contributed by atoms with Gasteiger partial charge in [0.2, 0.25) is 0 Å². The minimum absolute atomic E-state index is 0.496. The molecule has 1 aromatic carbocycles. The summed E-state index contributed by atoms with van der Waals surface area (Å²) in [7, 11) is 1.66. The smallest absolute Gasteiger partial charge is 0.133 e. The van der Waals surface area contributed by atoms with E-state index in [4.69, 9.17) is 4.74 Å². The van der Waals surface area contributed by atoms with E-state index in [1.54, 1.807) is 7.11 Å². The number of hydrogen-bond donors (Lipinski definition) is 1. The number of ether oxygens (including phenoxy) is 1. The van der Waals surface area contributed by atoms with Crippen molar-refractivity contribution < 1.29 is 9.84 Å². The number of benzene rings is 1. The van der Waals surface area contributed by atoms with Gasteiger partial charge in [0.15, 0.2) is 0 Å². The number of methoxy groups -OCH3 is 1. The first-order valence-corrected chi connectivity index (χ1v) is 6.07. The van der Waals surface area contributed by atoms with Gasteiger partial charge in [-0.05, 0) is 40.5 Å². The second-order valence-corrected chi connectivity index (χ2v) is 5.47. The van der Waals surface area contributed by atoms with Gasteiger partial charge >= 0.3 is 0 Å². The normalized spacial score (nSPS) is 19.2. The molecule has 0 aliphatic carbocycles. The summed E-state index contributed by atoms with van der Waals surface area (Å²) in [6, 6.07) is 6.07. The summed E-state index contributed by atoms with van der Waals surface area (Å²) in [5, 5.41) is 9.63. The van der Waals surface area contributed by atoms with Crippen LogP contribution >= 0.6 is 15.9 Å². The molecule has 0 aromatic heterocycles. The zero-order chi connectivity index (χ0) is 11.8. The molecule has 1 aliphatic rings. The fourth-order valence-electron chi connectivity index (χ4n) is 2.10. The molecule has 0 radical (unpaired) electrons. The molecular weight excluding hydrogens is 270 g/mol. The van der Waals surface area contributed by atoms with Gasteiger partial charge in [-0.1, -0.05) is 6.07 Å². The van der Waals surface area contributed by atoms with E-state index < -0.39 is 5.60 Å². The first kappa shape index (κ1) is 11.9. The third-order valence-corrected chi connectivity index (χ3v) is 3.37. The van der Waals surface area contributed by atoms with E-state index in [1.807, 2.05) is 13.0 Å². The lowest BCUT2D eigenvalue weighted by Crippen LogP contribution is -2.59. The van der Waals surface area contributed by atoms with E-state index >= 15 is 0 Å². The van der Waals surface area contributed by atoms with Crippen LogP contribution in [0.3, 0.4) is 0 Å². The lowest BCUT2D eigenvalue weighted by Gasteiger charge is -2.44. The highest BCUT2D eigenvalue weighted by Crippen LogP contribution is 2.28. The van der Waals surface area contributed by atoms with E-state index in [1.165, 1.54) is 5.56 Å². The highest BCUT2D eigenvalue weighted by molar-refractivity contribution is 9.10. The van der Waals surface area contributed by atoms with Crippen LogP contribution in [-0.4, -0.2) is 35.8 Å². The Balaban J connectivity index is 1.98. The molecule has 88 valence electrons. The number of nitrogens with zero attached hydrogens (tertiary/aromatic N) is 1. The highest BCUT2D eigenvalue weighted by atomic mass is 79.9. The molecule has 1 aliphatic heterocycles. The van der Waals surface area contributed by atoms with Crippen molar-refractivity contribution in [3.8, 4) is 5.75 Å². The van der Waals surface area contributed by atoms with Gasteiger partial charge in [0.1, 0.15) is 5.75 Å². The Kier molecular flexibility index (Phi) is 3.24. The lowest BCUT2D eigenvalue weighted by atomic mass is 9.96. The Morgan fingerprint density at radius 3 is 2.69 bits per heavy atom. The van der Waals surface area contributed by atoms with Crippen LogP contribution in [0.5, 0.6) is 5.75 Å². The van der Waals surface area contributed by atoms with Crippen LogP contribution in [0.15, 0.2) is 22.7 Å². The molecule has 2 rings (SSSR count). The minimum atomic E-state index is -0.496. The summed E-state index contributed by atoms with van der Waals surface area (Å²) in [5.74, 6) is 0.847. The van der Waals surface area contributed by atoms with Gasteiger partial charge in [-0.15, -0.1) is 0 Å². The maximum Gasteiger partial charge on any atom is 0.133 e. The maximum absolute atomic E-state index is 9.63. The number of aliphatic hydroxyl groups is 1. The average Bonchev–Trinajstić information content (AvgIpc) is 2.15. The standard InChI is InChI=1S/C12H16BrNO2/c1-12(15)7-14(8-12)6-9-3-4-11(16-2)10(13)5-9/h3-5,15H,6-8H2,1-2H3. The van der Waals surface area contributed by atoms with Crippen molar-refractivity contribution in [2.45, 2.75) is 19.1 Å². The van der Waals surface area contributed by atoms with Crippen LogP contribution in [0.4, 0.5) is 0 Å². The number of likely N-dealkylation sites (tertiary alicyclic amines) is 1. The SMILES string of the molecule is COc1ccc(CN2CC(C)(O)C2)cc1Br.